The van der Waals surface area contributed by atoms with Gasteiger partial charge in [0.2, 0.25) is 5.91 Å². The van der Waals surface area contributed by atoms with Gasteiger partial charge in [0.05, 0.1) is 23.6 Å². The van der Waals surface area contributed by atoms with Gasteiger partial charge in [0.1, 0.15) is 5.75 Å². The maximum Gasteiger partial charge on any atom is 0.271 e. The van der Waals surface area contributed by atoms with Crippen molar-refractivity contribution in [1.82, 2.24) is 0 Å². The first-order valence-electron chi connectivity index (χ1n) is 7.62. The van der Waals surface area contributed by atoms with Gasteiger partial charge in [-0.15, -0.1) is 0 Å². The summed E-state index contributed by atoms with van der Waals surface area (Å²) in [6.45, 7) is 6.04. The summed E-state index contributed by atoms with van der Waals surface area (Å²) < 4.78 is 5.57. The van der Waals surface area contributed by atoms with Crippen LogP contribution in [-0.2, 0) is 4.79 Å². The molecule has 0 radical (unpaired) electrons. The van der Waals surface area contributed by atoms with Gasteiger partial charge < -0.3 is 10.1 Å². The molecule has 126 valence electrons. The summed E-state index contributed by atoms with van der Waals surface area (Å²) in [7, 11) is 0. The third-order valence-corrected chi connectivity index (χ3v) is 3.78. The second kappa shape index (κ2) is 7.59. The Morgan fingerprint density at radius 3 is 2.46 bits per heavy atom. The number of aryl methyl sites for hydroxylation is 3. The lowest BCUT2D eigenvalue weighted by atomic mass is 10.1. The lowest BCUT2D eigenvalue weighted by molar-refractivity contribution is -0.384. The van der Waals surface area contributed by atoms with Crippen molar-refractivity contribution in [2.45, 2.75) is 27.2 Å². The molecule has 0 saturated heterocycles. The Kier molecular flexibility index (Phi) is 5.52. The van der Waals surface area contributed by atoms with Gasteiger partial charge >= 0.3 is 0 Å². The van der Waals surface area contributed by atoms with Crippen LogP contribution in [0, 0.1) is 30.9 Å². The zero-order valence-corrected chi connectivity index (χ0v) is 14.0. The smallest absolute Gasteiger partial charge is 0.271 e. The van der Waals surface area contributed by atoms with Gasteiger partial charge in [-0.2, -0.15) is 0 Å². The SMILES string of the molecule is Cc1ccc(OCCC(=O)Nc2cc([N+](=O)[O-])ccc2C)cc1C. The van der Waals surface area contributed by atoms with Gasteiger partial charge in [-0.05, 0) is 49.6 Å². The molecule has 1 N–H and O–H groups in total. The zero-order chi connectivity index (χ0) is 17.7. The number of ether oxygens (including phenoxy) is 1. The van der Waals surface area contributed by atoms with Crippen LogP contribution < -0.4 is 10.1 Å². The van der Waals surface area contributed by atoms with Gasteiger partial charge in [-0.25, -0.2) is 0 Å². The largest absolute Gasteiger partial charge is 0.493 e. The third kappa shape index (κ3) is 4.55. The number of carbonyl (C=O) groups is 1. The molecule has 2 aromatic carbocycles. The van der Waals surface area contributed by atoms with Crippen LogP contribution in [0.1, 0.15) is 23.1 Å². The van der Waals surface area contributed by atoms with E-state index in [0.717, 1.165) is 16.9 Å². The highest BCUT2D eigenvalue weighted by Crippen LogP contribution is 2.22. The maximum absolute atomic E-state index is 12.0. The molecule has 0 unspecified atom stereocenters. The van der Waals surface area contributed by atoms with E-state index in [4.69, 9.17) is 4.74 Å². The highest BCUT2D eigenvalue weighted by molar-refractivity contribution is 5.91. The molecule has 0 aromatic heterocycles. The fourth-order valence-corrected chi connectivity index (χ4v) is 2.14. The highest BCUT2D eigenvalue weighted by atomic mass is 16.6. The van der Waals surface area contributed by atoms with Crippen LogP contribution in [-0.4, -0.2) is 17.4 Å². The van der Waals surface area contributed by atoms with Crippen molar-refractivity contribution in [3.8, 4) is 5.75 Å². The first kappa shape index (κ1) is 17.5. The van der Waals surface area contributed by atoms with E-state index < -0.39 is 4.92 Å². The summed E-state index contributed by atoms with van der Waals surface area (Å²) in [5, 5.41) is 13.5. The normalized spacial score (nSPS) is 10.3. The molecule has 0 aliphatic rings. The molecule has 0 spiro atoms. The quantitative estimate of drug-likeness (QED) is 0.643. The van der Waals surface area contributed by atoms with E-state index in [1.165, 1.54) is 17.7 Å². The molecular weight excluding hydrogens is 308 g/mol. The van der Waals surface area contributed by atoms with Crippen molar-refractivity contribution in [2.24, 2.45) is 0 Å². The standard InChI is InChI=1S/C18H20N2O4/c1-12-5-7-16(10-14(12)3)24-9-8-18(21)19-17-11-15(20(22)23)6-4-13(17)2/h4-7,10-11H,8-9H2,1-3H3,(H,19,21). The minimum Gasteiger partial charge on any atom is -0.493 e. The fourth-order valence-electron chi connectivity index (χ4n) is 2.14. The fraction of sp³-hybridized carbons (Fsp3) is 0.278. The average Bonchev–Trinajstić information content (AvgIpc) is 2.52. The zero-order valence-electron chi connectivity index (χ0n) is 14.0. The van der Waals surface area contributed by atoms with Crippen LogP contribution in [0.15, 0.2) is 36.4 Å². The number of amides is 1. The third-order valence-electron chi connectivity index (χ3n) is 3.78. The number of nitrogens with zero attached hydrogens (tertiary/aromatic N) is 1. The van der Waals surface area contributed by atoms with Crippen LogP contribution >= 0.6 is 0 Å². The number of nitro benzene ring substituents is 1. The van der Waals surface area contributed by atoms with E-state index in [-0.39, 0.29) is 24.6 Å². The van der Waals surface area contributed by atoms with E-state index in [1.807, 2.05) is 32.0 Å². The monoisotopic (exact) mass is 328 g/mol. The highest BCUT2D eigenvalue weighted by Gasteiger charge is 2.11. The van der Waals surface area contributed by atoms with E-state index in [0.29, 0.717) is 5.69 Å². The molecule has 0 aliphatic carbocycles. The van der Waals surface area contributed by atoms with E-state index in [1.54, 1.807) is 13.0 Å². The van der Waals surface area contributed by atoms with Gasteiger partial charge in [0.25, 0.3) is 5.69 Å². The Labute approximate surface area is 140 Å². The Morgan fingerprint density at radius 1 is 1.08 bits per heavy atom. The summed E-state index contributed by atoms with van der Waals surface area (Å²) in [5.74, 6) is 0.472. The second-order valence-corrected chi connectivity index (χ2v) is 5.65. The van der Waals surface area contributed by atoms with Crippen LogP contribution in [0.25, 0.3) is 0 Å². The van der Waals surface area contributed by atoms with Gasteiger partial charge in [-0.1, -0.05) is 12.1 Å². The Morgan fingerprint density at radius 2 is 1.79 bits per heavy atom. The molecule has 6 nitrogen and oxygen atoms in total. The molecule has 0 fully saturated rings. The number of nitrogens with one attached hydrogen (secondary N) is 1. The summed E-state index contributed by atoms with van der Waals surface area (Å²) in [5.41, 5.74) is 3.47. The van der Waals surface area contributed by atoms with Crippen LogP contribution in [0.3, 0.4) is 0 Å². The number of hydrogen-bond acceptors (Lipinski definition) is 4. The van der Waals surface area contributed by atoms with Crippen molar-refractivity contribution >= 4 is 17.3 Å². The minimum atomic E-state index is -0.488. The maximum atomic E-state index is 12.0. The van der Waals surface area contributed by atoms with Gasteiger partial charge in [-0.3, -0.25) is 14.9 Å². The average molecular weight is 328 g/mol. The van der Waals surface area contributed by atoms with Crippen molar-refractivity contribution in [3.05, 3.63) is 63.2 Å². The Hall–Kier alpha value is -2.89. The number of nitro groups is 1. The summed E-state index contributed by atoms with van der Waals surface area (Å²) >= 11 is 0. The number of benzene rings is 2. The number of anilines is 1. The minimum absolute atomic E-state index is 0.0534. The molecule has 24 heavy (non-hydrogen) atoms. The second-order valence-electron chi connectivity index (χ2n) is 5.65. The molecule has 0 saturated carbocycles. The predicted molar refractivity (Wildman–Crippen MR) is 92.5 cm³/mol. The molecule has 6 heteroatoms. The summed E-state index contributed by atoms with van der Waals surface area (Å²) in [6.07, 6.45) is 0.162. The predicted octanol–water partition coefficient (Wildman–Crippen LogP) is 3.93. The molecule has 0 bridgehead atoms. The van der Waals surface area contributed by atoms with E-state index in [9.17, 15) is 14.9 Å². The molecule has 0 aliphatic heterocycles. The molecule has 2 rings (SSSR count). The topological polar surface area (TPSA) is 81.5 Å². The van der Waals surface area contributed by atoms with Crippen LogP contribution in [0.4, 0.5) is 11.4 Å². The lowest BCUT2D eigenvalue weighted by Gasteiger charge is -2.10. The molecule has 0 heterocycles. The van der Waals surface area contributed by atoms with Crippen molar-refractivity contribution in [2.75, 3.05) is 11.9 Å². The first-order valence-corrected chi connectivity index (χ1v) is 7.62. The number of hydrogen-bond donors (Lipinski definition) is 1. The van der Waals surface area contributed by atoms with Crippen molar-refractivity contribution in [3.63, 3.8) is 0 Å². The Balaban J connectivity index is 1.90. The van der Waals surface area contributed by atoms with E-state index in [2.05, 4.69) is 5.32 Å². The lowest BCUT2D eigenvalue weighted by Crippen LogP contribution is -2.16. The van der Waals surface area contributed by atoms with Gasteiger partial charge in [0.15, 0.2) is 0 Å². The van der Waals surface area contributed by atoms with Crippen molar-refractivity contribution < 1.29 is 14.5 Å². The van der Waals surface area contributed by atoms with Gasteiger partial charge in [0, 0.05) is 12.1 Å². The Bertz CT molecular complexity index is 772. The molecule has 2 aromatic rings. The number of non-ortho nitro benzene ring substituents is 1. The van der Waals surface area contributed by atoms with Crippen LogP contribution in [0.5, 0.6) is 5.75 Å². The van der Waals surface area contributed by atoms with Crippen molar-refractivity contribution in [1.29, 1.82) is 0 Å². The van der Waals surface area contributed by atoms with Crippen LogP contribution in [0.2, 0.25) is 0 Å². The molecule has 1 amide bonds. The molecular formula is C18H20N2O4. The summed E-state index contributed by atoms with van der Waals surface area (Å²) in [6, 6.07) is 10.1. The van der Waals surface area contributed by atoms with E-state index >= 15 is 0 Å². The number of rotatable bonds is 6. The molecule has 0 atom stereocenters. The summed E-state index contributed by atoms with van der Waals surface area (Å²) in [4.78, 5) is 22.3. The first-order chi connectivity index (χ1) is 11.4. The number of carbonyl (C=O) groups excluding carboxylic acids is 1.